The van der Waals surface area contributed by atoms with Crippen LogP contribution in [-0.4, -0.2) is 13.7 Å². The third kappa shape index (κ3) is 3.84. The number of benzene rings is 1. The van der Waals surface area contributed by atoms with Crippen LogP contribution in [0.1, 0.15) is 35.2 Å². The van der Waals surface area contributed by atoms with E-state index in [0.717, 1.165) is 25.1 Å². The largest absolute Gasteiger partial charge is 0.497 e. The molecule has 0 spiro atoms. The van der Waals surface area contributed by atoms with E-state index in [1.165, 1.54) is 15.3 Å². The normalized spacial score (nSPS) is 12.3. The van der Waals surface area contributed by atoms with E-state index in [9.17, 15) is 0 Å². The molecular formula is C17H23NOS. The number of methoxy groups -OCH3 is 1. The van der Waals surface area contributed by atoms with Crippen molar-refractivity contribution in [3.05, 3.63) is 51.7 Å². The molecule has 1 N–H and O–H groups in total. The summed E-state index contributed by atoms with van der Waals surface area (Å²) in [5.74, 6) is 0.915. The van der Waals surface area contributed by atoms with Gasteiger partial charge in [-0.05, 0) is 49.2 Å². The van der Waals surface area contributed by atoms with E-state index in [0.29, 0.717) is 6.04 Å². The summed E-state index contributed by atoms with van der Waals surface area (Å²) in [7, 11) is 1.70. The first-order valence-electron chi connectivity index (χ1n) is 7.21. The highest BCUT2D eigenvalue weighted by Crippen LogP contribution is 2.27. The van der Waals surface area contributed by atoms with Gasteiger partial charge in [0.05, 0.1) is 7.11 Å². The van der Waals surface area contributed by atoms with Crippen molar-refractivity contribution in [1.29, 1.82) is 0 Å². The third-order valence-electron chi connectivity index (χ3n) is 3.42. The van der Waals surface area contributed by atoms with E-state index in [1.807, 2.05) is 23.5 Å². The van der Waals surface area contributed by atoms with Crippen LogP contribution in [-0.2, 0) is 12.8 Å². The van der Waals surface area contributed by atoms with E-state index < -0.39 is 0 Å². The molecule has 0 fully saturated rings. The predicted octanol–water partition coefficient (Wildman–Crippen LogP) is 4.21. The summed E-state index contributed by atoms with van der Waals surface area (Å²) in [5, 5.41) is 3.59. The summed E-state index contributed by atoms with van der Waals surface area (Å²) < 4.78 is 5.21. The molecule has 0 aliphatic heterocycles. The minimum absolute atomic E-state index is 0.402. The highest BCUT2D eigenvalue weighted by Gasteiger charge is 2.13. The maximum absolute atomic E-state index is 5.21. The molecule has 1 atom stereocenters. The predicted molar refractivity (Wildman–Crippen MR) is 86.8 cm³/mol. The van der Waals surface area contributed by atoms with Crippen LogP contribution in [0.25, 0.3) is 0 Å². The van der Waals surface area contributed by atoms with E-state index in [4.69, 9.17) is 4.74 Å². The Morgan fingerprint density at radius 1 is 1.10 bits per heavy atom. The lowest BCUT2D eigenvalue weighted by Gasteiger charge is -2.16. The van der Waals surface area contributed by atoms with Gasteiger partial charge in [0, 0.05) is 15.8 Å². The Morgan fingerprint density at radius 3 is 2.40 bits per heavy atom. The second-order valence-corrected chi connectivity index (χ2v) is 6.02. The molecule has 1 aromatic heterocycles. The lowest BCUT2D eigenvalue weighted by Crippen LogP contribution is -2.22. The number of ether oxygens (including phenoxy) is 1. The minimum atomic E-state index is 0.402. The highest BCUT2D eigenvalue weighted by molar-refractivity contribution is 7.12. The monoisotopic (exact) mass is 289 g/mol. The molecule has 0 radical (unpaired) electrons. The second-order valence-electron chi connectivity index (χ2n) is 4.82. The van der Waals surface area contributed by atoms with Crippen LogP contribution in [0, 0.1) is 0 Å². The summed E-state index contributed by atoms with van der Waals surface area (Å²) in [6.07, 6.45) is 2.13. The van der Waals surface area contributed by atoms with Gasteiger partial charge in [-0.3, -0.25) is 0 Å². The molecule has 3 heteroatoms. The fourth-order valence-electron chi connectivity index (χ4n) is 2.29. The van der Waals surface area contributed by atoms with Crippen molar-refractivity contribution in [2.24, 2.45) is 0 Å². The maximum Gasteiger partial charge on any atom is 0.118 e. The fraction of sp³-hybridized carbons (Fsp3) is 0.412. The Balaban J connectivity index is 2.11. The summed E-state index contributed by atoms with van der Waals surface area (Å²) in [6, 6.07) is 13.3. The van der Waals surface area contributed by atoms with Crippen LogP contribution >= 0.6 is 11.3 Å². The number of hydrogen-bond donors (Lipinski definition) is 1. The molecule has 108 valence electrons. The van der Waals surface area contributed by atoms with Gasteiger partial charge >= 0.3 is 0 Å². The average Bonchev–Trinajstić information content (AvgIpc) is 2.96. The molecular weight excluding hydrogens is 266 g/mol. The molecule has 20 heavy (non-hydrogen) atoms. The van der Waals surface area contributed by atoms with Gasteiger partial charge in [-0.2, -0.15) is 0 Å². The maximum atomic E-state index is 5.21. The van der Waals surface area contributed by atoms with Gasteiger partial charge in [0.2, 0.25) is 0 Å². The number of aryl methyl sites for hydroxylation is 1. The third-order valence-corrected chi connectivity index (χ3v) is 4.77. The zero-order valence-corrected chi connectivity index (χ0v) is 13.3. The molecule has 0 aliphatic carbocycles. The van der Waals surface area contributed by atoms with Crippen molar-refractivity contribution in [3.63, 3.8) is 0 Å². The van der Waals surface area contributed by atoms with Crippen molar-refractivity contribution < 1.29 is 4.74 Å². The lowest BCUT2D eigenvalue weighted by atomic mass is 10.0. The first-order valence-corrected chi connectivity index (χ1v) is 8.03. The Hall–Kier alpha value is -1.32. The molecule has 1 unspecified atom stereocenters. The molecule has 1 heterocycles. The van der Waals surface area contributed by atoms with Crippen LogP contribution in [0.2, 0.25) is 0 Å². The fourth-order valence-corrected chi connectivity index (χ4v) is 3.32. The molecule has 0 amide bonds. The van der Waals surface area contributed by atoms with Crippen molar-refractivity contribution in [1.82, 2.24) is 5.32 Å². The minimum Gasteiger partial charge on any atom is -0.497 e. The van der Waals surface area contributed by atoms with Crippen molar-refractivity contribution in [3.8, 4) is 5.75 Å². The van der Waals surface area contributed by atoms with Crippen LogP contribution in [0.5, 0.6) is 5.75 Å². The molecule has 2 aromatic rings. The van der Waals surface area contributed by atoms with Crippen molar-refractivity contribution in [2.75, 3.05) is 13.7 Å². The quantitative estimate of drug-likeness (QED) is 0.824. The van der Waals surface area contributed by atoms with Crippen LogP contribution in [0.15, 0.2) is 36.4 Å². The summed E-state index contributed by atoms with van der Waals surface area (Å²) in [6.45, 7) is 5.36. The van der Waals surface area contributed by atoms with Crippen LogP contribution in [0.3, 0.4) is 0 Å². The smallest absolute Gasteiger partial charge is 0.118 e. The van der Waals surface area contributed by atoms with Gasteiger partial charge in [0.15, 0.2) is 0 Å². The zero-order chi connectivity index (χ0) is 14.4. The Morgan fingerprint density at radius 2 is 1.85 bits per heavy atom. The molecule has 0 saturated heterocycles. The van der Waals surface area contributed by atoms with Gasteiger partial charge in [-0.25, -0.2) is 0 Å². The van der Waals surface area contributed by atoms with Gasteiger partial charge in [-0.1, -0.05) is 26.0 Å². The molecule has 1 aromatic carbocycles. The first-order chi connectivity index (χ1) is 9.76. The summed E-state index contributed by atoms with van der Waals surface area (Å²) in [5.41, 5.74) is 1.34. The molecule has 0 aliphatic rings. The van der Waals surface area contributed by atoms with Gasteiger partial charge in [-0.15, -0.1) is 11.3 Å². The number of rotatable bonds is 7. The lowest BCUT2D eigenvalue weighted by molar-refractivity contribution is 0.414. The van der Waals surface area contributed by atoms with Crippen molar-refractivity contribution in [2.45, 2.75) is 32.7 Å². The molecule has 0 saturated carbocycles. The Bertz CT molecular complexity index is 518. The molecule has 2 nitrogen and oxygen atoms in total. The molecule has 0 bridgehead atoms. The summed E-state index contributed by atoms with van der Waals surface area (Å²) >= 11 is 1.92. The van der Waals surface area contributed by atoms with E-state index in [-0.39, 0.29) is 0 Å². The van der Waals surface area contributed by atoms with Crippen LogP contribution in [0.4, 0.5) is 0 Å². The van der Waals surface area contributed by atoms with Crippen molar-refractivity contribution >= 4 is 11.3 Å². The van der Waals surface area contributed by atoms with E-state index >= 15 is 0 Å². The second kappa shape index (κ2) is 7.46. The summed E-state index contributed by atoms with van der Waals surface area (Å²) in [4.78, 5) is 2.89. The van der Waals surface area contributed by atoms with E-state index in [2.05, 4.69) is 43.4 Å². The first kappa shape index (κ1) is 15.1. The van der Waals surface area contributed by atoms with Gasteiger partial charge in [0.1, 0.15) is 5.75 Å². The van der Waals surface area contributed by atoms with E-state index in [1.54, 1.807) is 7.11 Å². The van der Waals surface area contributed by atoms with Gasteiger partial charge in [0.25, 0.3) is 0 Å². The average molecular weight is 289 g/mol. The van der Waals surface area contributed by atoms with Gasteiger partial charge < -0.3 is 10.1 Å². The zero-order valence-electron chi connectivity index (χ0n) is 12.5. The standard InChI is InChI=1S/C17H23NOS/c1-4-15-10-11-17(20-15)16(18-5-2)12-13-6-8-14(19-3)9-7-13/h6-11,16,18H,4-5,12H2,1-3H3. The number of thiophene rings is 1. The topological polar surface area (TPSA) is 21.3 Å². The molecule has 2 rings (SSSR count). The number of hydrogen-bond acceptors (Lipinski definition) is 3. The Kier molecular flexibility index (Phi) is 5.62. The Labute approximate surface area is 125 Å². The number of likely N-dealkylation sites (N-methyl/N-ethyl adjacent to an activating group) is 1. The van der Waals surface area contributed by atoms with Crippen LogP contribution < -0.4 is 10.1 Å². The SMILES string of the molecule is CCNC(Cc1ccc(OC)cc1)c1ccc(CC)s1. The number of nitrogens with one attached hydrogen (secondary N) is 1. The highest BCUT2D eigenvalue weighted by atomic mass is 32.1.